The fourth-order valence-electron chi connectivity index (χ4n) is 3.10. The van der Waals surface area contributed by atoms with Crippen LogP contribution in [0.2, 0.25) is 0 Å². The fraction of sp³-hybridized carbons (Fsp3) is 0.208. The van der Waals surface area contributed by atoms with E-state index in [1.54, 1.807) is 38.1 Å². The highest BCUT2D eigenvalue weighted by atomic mass is 32.2. The van der Waals surface area contributed by atoms with Gasteiger partial charge in [0.2, 0.25) is 10.0 Å². The van der Waals surface area contributed by atoms with E-state index in [2.05, 4.69) is 10.3 Å². The van der Waals surface area contributed by atoms with Crippen LogP contribution in [0.4, 0.5) is 5.69 Å². The number of ether oxygens (including phenoxy) is 1. The molecule has 172 valence electrons. The highest BCUT2D eigenvalue weighted by Gasteiger charge is 2.21. The first-order valence-electron chi connectivity index (χ1n) is 10.1. The minimum atomic E-state index is -3.67. The number of pyridine rings is 1. The number of esters is 1. The average Bonchev–Trinajstić information content (AvgIpc) is 2.79. The summed E-state index contributed by atoms with van der Waals surface area (Å²) in [7, 11) is -0.800. The molecule has 0 unspecified atom stereocenters. The Balaban J connectivity index is 1.65. The Bertz CT molecular complexity index is 1290. The number of carbonyl (C=O) groups excluding carboxylic acids is 2. The van der Waals surface area contributed by atoms with E-state index in [1.165, 1.54) is 20.2 Å². The average molecular weight is 468 g/mol. The van der Waals surface area contributed by atoms with Gasteiger partial charge < -0.3 is 10.1 Å². The monoisotopic (exact) mass is 467 g/mol. The SMILES string of the molecule is Cc1ccc(NC(=O)COC(=O)c2ccc(-c3ccccc3)nc2C)cc1S(=O)(=O)N(C)C. The molecule has 0 saturated heterocycles. The third kappa shape index (κ3) is 5.63. The highest BCUT2D eigenvalue weighted by molar-refractivity contribution is 7.89. The first-order valence-corrected chi connectivity index (χ1v) is 11.6. The summed E-state index contributed by atoms with van der Waals surface area (Å²) in [5.74, 6) is -1.26. The second kappa shape index (κ2) is 9.93. The quantitative estimate of drug-likeness (QED) is 0.534. The van der Waals surface area contributed by atoms with Crippen molar-refractivity contribution in [2.75, 3.05) is 26.0 Å². The number of hydrogen-bond acceptors (Lipinski definition) is 6. The summed E-state index contributed by atoms with van der Waals surface area (Å²) < 4.78 is 31.1. The predicted molar refractivity (Wildman–Crippen MR) is 125 cm³/mol. The van der Waals surface area contributed by atoms with Gasteiger partial charge in [0.05, 0.1) is 21.8 Å². The molecule has 0 aliphatic heterocycles. The predicted octanol–water partition coefficient (Wildman–Crippen LogP) is 3.41. The summed E-state index contributed by atoms with van der Waals surface area (Å²) in [6, 6.07) is 17.4. The molecule has 0 saturated carbocycles. The molecule has 0 bridgehead atoms. The second-order valence-corrected chi connectivity index (χ2v) is 9.71. The maximum Gasteiger partial charge on any atom is 0.340 e. The third-order valence-electron chi connectivity index (χ3n) is 4.94. The lowest BCUT2D eigenvalue weighted by Gasteiger charge is -2.15. The van der Waals surface area contributed by atoms with Gasteiger partial charge in [-0.25, -0.2) is 17.5 Å². The zero-order valence-corrected chi connectivity index (χ0v) is 19.6. The fourth-order valence-corrected chi connectivity index (χ4v) is 4.25. The number of sulfonamides is 1. The summed E-state index contributed by atoms with van der Waals surface area (Å²) in [5.41, 5.74) is 3.23. The first kappa shape index (κ1) is 24.1. The Labute approximate surface area is 193 Å². The van der Waals surface area contributed by atoms with Crippen molar-refractivity contribution < 1.29 is 22.7 Å². The number of amides is 1. The van der Waals surface area contributed by atoms with Gasteiger partial charge in [-0.05, 0) is 43.7 Å². The molecular formula is C24H25N3O5S. The summed E-state index contributed by atoms with van der Waals surface area (Å²) in [4.78, 5) is 29.3. The second-order valence-electron chi connectivity index (χ2n) is 7.59. The molecule has 0 aliphatic carbocycles. The standard InChI is InChI=1S/C24H25N3O5S/c1-16-10-11-19(14-22(16)33(30,31)27(3)4)26-23(28)15-32-24(29)20-12-13-21(25-17(20)2)18-8-6-5-7-9-18/h5-14H,15H2,1-4H3,(H,26,28). The van der Waals surface area contributed by atoms with Gasteiger partial charge in [0.1, 0.15) is 0 Å². The van der Waals surface area contributed by atoms with Gasteiger partial charge >= 0.3 is 5.97 Å². The lowest BCUT2D eigenvalue weighted by atomic mass is 10.1. The maximum absolute atomic E-state index is 12.4. The normalized spacial score (nSPS) is 11.3. The molecule has 1 aromatic heterocycles. The highest BCUT2D eigenvalue weighted by Crippen LogP contribution is 2.23. The molecule has 3 rings (SSSR count). The number of nitrogens with one attached hydrogen (secondary N) is 1. The van der Waals surface area contributed by atoms with Crippen molar-refractivity contribution in [2.45, 2.75) is 18.7 Å². The van der Waals surface area contributed by atoms with Gasteiger partial charge in [-0.2, -0.15) is 0 Å². The van der Waals surface area contributed by atoms with Gasteiger partial charge in [-0.1, -0.05) is 36.4 Å². The van der Waals surface area contributed by atoms with Crippen LogP contribution in [0.5, 0.6) is 0 Å². The lowest BCUT2D eigenvalue weighted by Crippen LogP contribution is -2.24. The first-order chi connectivity index (χ1) is 15.6. The van der Waals surface area contributed by atoms with Crippen LogP contribution in [0.25, 0.3) is 11.3 Å². The molecule has 0 radical (unpaired) electrons. The van der Waals surface area contributed by atoms with Crippen LogP contribution in [-0.4, -0.2) is 50.3 Å². The summed E-state index contributed by atoms with van der Waals surface area (Å²) in [5, 5.41) is 2.56. The molecular weight excluding hydrogens is 442 g/mol. The van der Waals surface area contributed by atoms with Crippen LogP contribution >= 0.6 is 0 Å². The minimum Gasteiger partial charge on any atom is -0.452 e. The van der Waals surface area contributed by atoms with Crippen molar-refractivity contribution in [1.82, 2.24) is 9.29 Å². The van der Waals surface area contributed by atoms with Crippen LogP contribution in [0.15, 0.2) is 65.6 Å². The Kier molecular flexibility index (Phi) is 7.25. The number of aromatic nitrogens is 1. The molecule has 0 spiro atoms. The zero-order chi connectivity index (χ0) is 24.2. The number of benzene rings is 2. The van der Waals surface area contributed by atoms with Crippen molar-refractivity contribution in [2.24, 2.45) is 0 Å². The molecule has 33 heavy (non-hydrogen) atoms. The van der Waals surface area contributed by atoms with Crippen molar-refractivity contribution in [3.05, 3.63) is 77.5 Å². The van der Waals surface area contributed by atoms with E-state index in [4.69, 9.17) is 4.74 Å². The van der Waals surface area contributed by atoms with Gasteiger partial charge in [-0.3, -0.25) is 9.78 Å². The number of hydrogen-bond donors (Lipinski definition) is 1. The molecule has 1 heterocycles. The van der Waals surface area contributed by atoms with Crippen molar-refractivity contribution in [3.63, 3.8) is 0 Å². The Morgan fingerprint density at radius 3 is 2.33 bits per heavy atom. The van der Waals surface area contributed by atoms with Crippen LogP contribution in [0.3, 0.4) is 0 Å². The Morgan fingerprint density at radius 2 is 1.70 bits per heavy atom. The van der Waals surface area contributed by atoms with E-state index in [1.807, 2.05) is 30.3 Å². The van der Waals surface area contributed by atoms with Crippen LogP contribution in [-0.2, 0) is 19.6 Å². The summed E-state index contributed by atoms with van der Waals surface area (Å²) in [6.07, 6.45) is 0. The number of anilines is 1. The molecule has 3 aromatic rings. The Morgan fingerprint density at radius 1 is 1.00 bits per heavy atom. The van der Waals surface area contributed by atoms with Crippen molar-refractivity contribution in [1.29, 1.82) is 0 Å². The van der Waals surface area contributed by atoms with E-state index < -0.39 is 28.5 Å². The van der Waals surface area contributed by atoms with E-state index in [0.29, 0.717) is 11.3 Å². The molecule has 9 heteroatoms. The molecule has 1 N–H and O–H groups in total. The largest absolute Gasteiger partial charge is 0.452 e. The van der Waals surface area contributed by atoms with E-state index in [-0.39, 0.29) is 16.1 Å². The number of nitrogens with zero attached hydrogens (tertiary/aromatic N) is 2. The molecule has 1 amide bonds. The van der Waals surface area contributed by atoms with Gasteiger partial charge in [0.15, 0.2) is 6.61 Å². The lowest BCUT2D eigenvalue weighted by molar-refractivity contribution is -0.119. The molecule has 0 atom stereocenters. The summed E-state index contributed by atoms with van der Waals surface area (Å²) >= 11 is 0. The van der Waals surface area contributed by atoms with Crippen LogP contribution in [0, 0.1) is 13.8 Å². The van der Waals surface area contributed by atoms with E-state index >= 15 is 0 Å². The molecule has 2 aromatic carbocycles. The number of aryl methyl sites for hydroxylation is 2. The molecule has 0 fully saturated rings. The van der Waals surface area contributed by atoms with Gasteiger partial charge in [0, 0.05) is 25.3 Å². The smallest absolute Gasteiger partial charge is 0.340 e. The summed E-state index contributed by atoms with van der Waals surface area (Å²) in [6.45, 7) is 2.84. The van der Waals surface area contributed by atoms with Crippen molar-refractivity contribution >= 4 is 27.6 Å². The number of carbonyl (C=O) groups is 2. The van der Waals surface area contributed by atoms with Crippen LogP contribution in [0.1, 0.15) is 21.6 Å². The van der Waals surface area contributed by atoms with Gasteiger partial charge in [-0.15, -0.1) is 0 Å². The van der Waals surface area contributed by atoms with E-state index in [9.17, 15) is 18.0 Å². The zero-order valence-electron chi connectivity index (χ0n) is 18.8. The minimum absolute atomic E-state index is 0.0856. The van der Waals surface area contributed by atoms with Crippen LogP contribution < -0.4 is 5.32 Å². The third-order valence-corrected chi connectivity index (χ3v) is 6.90. The van der Waals surface area contributed by atoms with Crippen molar-refractivity contribution in [3.8, 4) is 11.3 Å². The Hall–Kier alpha value is -3.56. The molecule has 0 aliphatic rings. The van der Waals surface area contributed by atoms with Gasteiger partial charge in [0.25, 0.3) is 5.91 Å². The van der Waals surface area contributed by atoms with E-state index in [0.717, 1.165) is 15.6 Å². The maximum atomic E-state index is 12.4. The number of rotatable bonds is 7. The molecule has 8 nitrogen and oxygen atoms in total. The topological polar surface area (TPSA) is 106 Å².